The van der Waals surface area contributed by atoms with Crippen LogP contribution >= 0.6 is 11.6 Å². The largest absolute Gasteiger partial charge is 0.439 e. The molecule has 0 aromatic heterocycles. The third-order valence-electron chi connectivity index (χ3n) is 1.92. The van der Waals surface area contributed by atoms with E-state index in [1.165, 1.54) is 0 Å². The summed E-state index contributed by atoms with van der Waals surface area (Å²) in [6.45, 7) is 0. The van der Waals surface area contributed by atoms with Crippen molar-refractivity contribution in [2.75, 3.05) is 0 Å². The molecular formula is C10H5ClF6O2. The first-order chi connectivity index (χ1) is 8.54. The third-order valence-corrected chi connectivity index (χ3v) is 2.14. The van der Waals surface area contributed by atoms with Gasteiger partial charge in [-0.05, 0) is 35.9 Å². The van der Waals surface area contributed by atoms with Crippen molar-refractivity contribution < 1.29 is 35.9 Å². The maximum Gasteiger partial charge on any atom is 0.439 e. The van der Waals surface area contributed by atoms with Gasteiger partial charge in [0.2, 0.25) is 0 Å². The van der Waals surface area contributed by atoms with Gasteiger partial charge in [-0.25, -0.2) is 4.39 Å². The van der Waals surface area contributed by atoms with Crippen LogP contribution in [0.1, 0.15) is 10.4 Å². The van der Waals surface area contributed by atoms with Crippen LogP contribution in [0.15, 0.2) is 24.3 Å². The Morgan fingerprint density at radius 1 is 1.11 bits per heavy atom. The fourth-order valence-corrected chi connectivity index (χ4v) is 1.18. The second-order valence-corrected chi connectivity index (χ2v) is 3.71. The number of halogens is 7. The van der Waals surface area contributed by atoms with Crippen molar-refractivity contribution in [1.29, 1.82) is 0 Å². The molecule has 0 radical (unpaired) electrons. The monoisotopic (exact) mass is 306 g/mol. The summed E-state index contributed by atoms with van der Waals surface area (Å²) < 4.78 is 77.3. The molecule has 0 heterocycles. The average molecular weight is 307 g/mol. The van der Waals surface area contributed by atoms with Crippen molar-refractivity contribution in [1.82, 2.24) is 0 Å². The summed E-state index contributed by atoms with van der Waals surface area (Å²) in [5, 5.41) is -0.892. The van der Waals surface area contributed by atoms with Gasteiger partial charge in [0.05, 0.1) is 0 Å². The van der Waals surface area contributed by atoms with Gasteiger partial charge in [-0.1, -0.05) is 0 Å². The van der Waals surface area contributed by atoms with Crippen LogP contribution in [0.4, 0.5) is 26.3 Å². The second-order valence-electron chi connectivity index (χ2n) is 3.37. The van der Waals surface area contributed by atoms with E-state index in [9.17, 15) is 31.1 Å². The lowest BCUT2D eigenvalue weighted by molar-refractivity contribution is -0.304. The van der Waals surface area contributed by atoms with Crippen LogP contribution < -0.4 is 4.74 Å². The first kappa shape index (κ1) is 15.6. The van der Waals surface area contributed by atoms with E-state index in [1.807, 2.05) is 0 Å². The molecule has 0 aliphatic rings. The maximum absolute atomic E-state index is 12.8. The Hall–Kier alpha value is -1.44. The van der Waals surface area contributed by atoms with Crippen molar-refractivity contribution in [2.24, 2.45) is 0 Å². The summed E-state index contributed by atoms with van der Waals surface area (Å²) in [7, 11) is 0. The fraction of sp³-hybridized carbons (Fsp3) is 0.300. The molecule has 0 bridgehead atoms. The number of hydrogen-bond acceptors (Lipinski definition) is 2. The van der Waals surface area contributed by atoms with Crippen molar-refractivity contribution in [3.63, 3.8) is 0 Å². The number of hydrogen-bond donors (Lipinski definition) is 0. The van der Waals surface area contributed by atoms with Crippen LogP contribution in [0.5, 0.6) is 5.75 Å². The molecule has 19 heavy (non-hydrogen) atoms. The molecule has 0 saturated carbocycles. The Kier molecular flexibility index (Phi) is 4.34. The molecule has 0 amide bonds. The normalized spacial score (nSPS) is 14.1. The van der Waals surface area contributed by atoms with Gasteiger partial charge >= 0.3 is 12.3 Å². The van der Waals surface area contributed by atoms with Crippen LogP contribution in [-0.2, 0) is 0 Å². The highest BCUT2D eigenvalue weighted by atomic mass is 35.5. The van der Waals surface area contributed by atoms with E-state index in [2.05, 4.69) is 4.74 Å². The Balaban J connectivity index is 2.86. The minimum absolute atomic E-state index is 0.0787. The fourth-order valence-electron chi connectivity index (χ4n) is 1.05. The summed E-state index contributed by atoms with van der Waals surface area (Å²) in [6.07, 6.45) is -15.3. The van der Waals surface area contributed by atoms with Crippen molar-refractivity contribution in [2.45, 2.75) is 18.5 Å². The topological polar surface area (TPSA) is 26.3 Å². The molecule has 0 saturated heterocycles. The first-order valence-electron chi connectivity index (χ1n) is 4.61. The highest BCUT2D eigenvalue weighted by Crippen LogP contribution is 2.36. The SMILES string of the molecule is O=C(Cl)c1ccc(OC(F)(F)C(F)C(F)(F)F)cc1. The van der Waals surface area contributed by atoms with Gasteiger partial charge in [0.15, 0.2) is 0 Å². The number of rotatable bonds is 4. The lowest BCUT2D eigenvalue weighted by Gasteiger charge is -2.23. The smallest absolute Gasteiger partial charge is 0.430 e. The number of carbonyl (C=O) groups excluding carboxylic acids is 1. The minimum Gasteiger partial charge on any atom is -0.430 e. The lowest BCUT2D eigenvalue weighted by atomic mass is 10.2. The van der Waals surface area contributed by atoms with Gasteiger partial charge in [-0.3, -0.25) is 4.79 Å². The first-order valence-corrected chi connectivity index (χ1v) is 4.99. The Morgan fingerprint density at radius 2 is 1.58 bits per heavy atom. The number of ether oxygens (including phenoxy) is 1. The number of alkyl halides is 6. The second kappa shape index (κ2) is 5.28. The van der Waals surface area contributed by atoms with Gasteiger partial charge in [-0.15, -0.1) is 0 Å². The molecule has 106 valence electrons. The summed E-state index contributed by atoms with van der Waals surface area (Å²) in [6, 6.07) is 3.43. The molecule has 1 aromatic rings. The highest BCUT2D eigenvalue weighted by molar-refractivity contribution is 6.67. The predicted molar refractivity (Wildman–Crippen MR) is 53.2 cm³/mol. The van der Waals surface area contributed by atoms with Gasteiger partial charge in [0.25, 0.3) is 11.4 Å². The molecule has 0 aliphatic carbocycles. The van der Waals surface area contributed by atoms with Gasteiger partial charge < -0.3 is 4.74 Å². The summed E-state index contributed by atoms with van der Waals surface area (Å²) in [4.78, 5) is 10.6. The van der Waals surface area contributed by atoms with Gasteiger partial charge in [0.1, 0.15) is 5.75 Å². The quantitative estimate of drug-likeness (QED) is 0.622. The van der Waals surface area contributed by atoms with Crippen molar-refractivity contribution in [3.05, 3.63) is 29.8 Å². The van der Waals surface area contributed by atoms with Crippen LogP contribution in [0.3, 0.4) is 0 Å². The zero-order valence-corrected chi connectivity index (χ0v) is 9.60. The standard InChI is InChI=1S/C10H5ClF6O2/c11-7(18)5-1-3-6(4-2-5)19-10(16,17)8(12)9(13,14)15/h1-4,8H. The zero-order chi connectivity index (χ0) is 14.8. The molecule has 0 spiro atoms. The van der Waals surface area contributed by atoms with E-state index in [1.54, 1.807) is 0 Å². The highest BCUT2D eigenvalue weighted by Gasteiger charge is 2.59. The molecular weight excluding hydrogens is 302 g/mol. The van der Waals surface area contributed by atoms with E-state index in [-0.39, 0.29) is 5.56 Å². The van der Waals surface area contributed by atoms with Crippen LogP contribution in [0.2, 0.25) is 0 Å². The van der Waals surface area contributed by atoms with Crippen LogP contribution in [-0.4, -0.2) is 23.7 Å². The van der Waals surface area contributed by atoms with E-state index in [4.69, 9.17) is 11.6 Å². The molecule has 1 rings (SSSR count). The average Bonchev–Trinajstić information content (AvgIpc) is 2.27. The van der Waals surface area contributed by atoms with E-state index in [0.717, 1.165) is 24.3 Å². The zero-order valence-electron chi connectivity index (χ0n) is 8.85. The van der Waals surface area contributed by atoms with Crippen molar-refractivity contribution >= 4 is 16.8 Å². The summed E-state index contributed by atoms with van der Waals surface area (Å²) in [5.41, 5.74) is -0.0787. The van der Waals surface area contributed by atoms with Crippen LogP contribution in [0, 0.1) is 0 Å². The van der Waals surface area contributed by atoms with E-state index < -0.39 is 29.4 Å². The maximum atomic E-state index is 12.8. The summed E-state index contributed by atoms with van der Waals surface area (Å²) in [5.74, 6) is -0.737. The molecule has 1 atom stereocenters. The van der Waals surface area contributed by atoms with Crippen molar-refractivity contribution in [3.8, 4) is 5.75 Å². The van der Waals surface area contributed by atoms with Crippen LogP contribution in [0.25, 0.3) is 0 Å². The third kappa shape index (κ3) is 4.02. The Labute approximate surface area is 107 Å². The molecule has 2 nitrogen and oxygen atoms in total. The van der Waals surface area contributed by atoms with E-state index >= 15 is 0 Å². The summed E-state index contributed by atoms with van der Waals surface area (Å²) >= 11 is 5.06. The predicted octanol–water partition coefficient (Wildman–Crippen LogP) is 3.94. The minimum atomic E-state index is -5.75. The van der Waals surface area contributed by atoms with Gasteiger partial charge in [0, 0.05) is 5.56 Å². The van der Waals surface area contributed by atoms with E-state index in [0.29, 0.717) is 0 Å². The molecule has 0 fully saturated rings. The lowest BCUT2D eigenvalue weighted by Crippen LogP contribution is -2.45. The molecule has 0 N–H and O–H groups in total. The molecule has 0 aliphatic heterocycles. The van der Waals surface area contributed by atoms with Gasteiger partial charge in [-0.2, -0.15) is 22.0 Å². The number of carbonyl (C=O) groups is 1. The molecule has 1 aromatic carbocycles. The molecule has 9 heteroatoms. The number of benzene rings is 1. The molecule has 1 unspecified atom stereocenters. The Bertz CT molecular complexity index is 456. The Morgan fingerprint density at radius 3 is 1.95 bits per heavy atom.